The minimum absolute atomic E-state index is 0.0948. The van der Waals surface area contributed by atoms with E-state index in [9.17, 15) is 13.6 Å². The summed E-state index contributed by atoms with van der Waals surface area (Å²) in [6, 6.07) is 23.1. The molecule has 6 nitrogen and oxygen atoms in total. The van der Waals surface area contributed by atoms with Crippen molar-refractivity contribution in [2.24, 2.45) is 0 Å². The van der Waals surface area contributed by atoms with Crippen LogP contribution in [0.2, 0.25) is 0 Å². The van der Waals surface area contributed by atoms with Crippen LogP contribution in [0.15, 0.2) is 109 Å². The van der Waals surface area contributed by atoms with Gasteiger partial charge in [0.15, 0.2) is 0 Å². The molecule has 1 aliphatic carbocycles. The molecule has 44 heavy (non-hydrogen) atoms. The molecule has 1 aliphatic rings. The fraction of sp³-hybridized carbons (Fsp3) is 0.250. The van der Waals surface area contributed by atoms with Crippen LogP contribution >= 0.6 is 0 Å². The number of benzene rings is 3. The average Bonchev–Trinajstić information content (AvgIpc) is 3.53. The zero-order valence-electron chi connectivity index (χ0n) is 24.6. The minimum atomic E-state index is -0.762. The highest BCUT2D eigenvalue weighted by Gasteiger charge is 2.22. The molecular weight excluding hydrogens is 560 g/mol. The number of nitrogen functional groups attached to an aromatic ring is 1. The second-order valence-electron chi connectivity index (χ2n) is 10.9. The van der Waals surface area contributed by atoms with Gasteiger partial charge in [-0.2, -0.15) is 0 Å². The van der Waals surface area contributed by atoms with Gasteiger partial charge < -0.3 is 20.5 Å². The second-order valence-corrected chi connectivity index (χ2v) is 10.9. The van der Waals surface area contributed by atoms with Crippen molar-refractivity contribution in [1.82, 2.24) is 9.88 Å². The van der Waals surface area contributed by atoms with Crippen LogP contribution in [-0.2, 0) is 4.74 Å². The SMILES string of the molecule is C=C(c1ccc(F)cc1F)c1ccc(=O)n(-c2ccc(OCCCN[C@H](C(=C)OC3CCCC3)c3ccccc3)cc2)c1N. The van der Waals surface area contributed by atoms with Gasteiger partial charge >= 0.3 is 0 Å². The van der Waals surface area contributed by atoms with Crippen molar-refractivity contribution in [3.63, 3.8) is 0 Å². The van der Waals surface area contributed by atoms with E-state index < -0.39 is 11.6 Å². The molecule has 228 valence electrons. The molecule has 0 bridgehead atoms. The molecule has 1 atom stereocenters. The van der Waals surface area contributed by atoms with E-state index in [0.717, 1.165) is 42.7 Å². The van der Waals surface area contributed by atoms with Crippen LogP contribution in [-0.4, -0.2) is 23.8 Å². The number of hydrogen-bond acceptors (Lipinski definition) is 5. The number of nitrogens with one attached hydrogen (secondary N) is 1. The summed E-state index contributed by atoms with van der Waals surface area (Å²) in [5.74, 6) is 0.0219. The third-order valence-corrected chi connectivity index (χ3v) is 7.82. The Labute approximate surface area is 256 Å². The van der Waals surface area contributed by atoms with Gasteiger partial charge in [-0.15, -0.1) is 0 Å². The molecule has 1 saturated carbocycles. The molecule has 0 aliphatic heterocycles. The smallest absolute Gasteiger partial charge is 0.256 e. The van der Waals surface area contributed by atoms with Crippen molar-refractivity contribution in [2.45, 2.75) is 44.2 Å². The van der Waals surface area contributed by atoms with E-state index in [-0.39, 0.29) is 34.7 Å². The van der Waals surface area contributed by atoms with Gasteiger partial charge in [0, 0.05) is 23.3 Å². The first-order valence-corrected chi connectivity index (χ1v) is 14.8. The molecule has 1 fully saturated rings. The number of rotatable bonds is 13. The fourth-order valence-corrected chi connectivity index (χ4v) is 5.51. The van der Waals surface area contributed by atoms with E-state index in [4.69, 9.17) is 15.2 Å². The molecule has 5 rings (SSSR count). The predicted molar refractivity (Wildman–Crippen MR) is 171 cm³/mol. The Morgan fingerprint density at radius 1 is 0.955 bits per heavy atom. The van der Waals surface area contributed by atoms with Gasteiger partial charge in [0.2, 0.25) is 0 Å². The molecule has 4 aromatic rings. The monoisotopic (exact) mass is 597 g/mol. The van der Waals surface area contributed by atoms with Crippen molar-refractivity contribution in [3.05, 3.63) is 143 Å². The summed E-state index contributed by atoms with van der Waals surface area (Å²) in [4.78, 5) is 12.8. The highest BCUT2D eigenvalue weighted by molar-refractivity contribution is 5.83. The van der Waals surface area contributed by atoms with Crippen molar-refractivity contribution in [2.75, 3.05) is 18.9 Å². The van der Waals surface area contributed by atoms with Gasteiger partial charge in [0.05, 0.1) is 24.4 Å². The number of ether oxygens (including phenoxy) is 2. The van der Waals surface area contributed by atoms with Gasteiger partial charge in [0.1, 0.15) is 29.0 Å². The summed E-state index contributed by atoms with van der Waals surface area (Å²) in [6.07, 6.45) is 5.54. The largest absolute Gasteiger partial charge is 0.494 e. The summed E-state index contributed by atoms with van der Waals surface area (Å²) in [7, 11) is 0. The topological polar surface area (TPSA) is 78.5 Å². The Kier molecular flexibility index (Phi) is 9.92. The second kappa shape index (κ2) is 14.2. The van der Waals surface area contributed by atoms with Crippen LogP contribution in [0.3, 0.4) is 0 Å². The lowest BCUT2D eigenvalue weighted by Crippen LogP contribution is -2.27. The molecule has 0 amide bonds. The number of anilines is 1. The summed E-state index contributed by atoms with van der Waals surface area (Å²) in [5, 5.41) is 3.57. The molecule has 0 radical (unpaired) electrons. The zero-order valence-corrected chi connectivity index (χ0v) is 24.6. The number of halogens is 2. The quantitative estimate of drug-likeness (QED) is 0.125. The Balaban J connectivity index is 1.19. The first kappa shape index (κ1) is 30.8. The Morgan fingerprint density at radius 2 is 1.66 bits per heavy atom. The lowest BCUT2D eigenvalue weighted by atomic mass is 9.99. The highest BCUT2D eigenvalue weighted by atomic mass is 19.1. The lowest BCUT2D eigenvalue weighted by molar-refractivity contribution is 0.105. The Hall–Kier alpha value is -4.69. The van der Waals surface area contributed by atoms with Crippen molar-refractivity contribution < 1.29 is 18.3 Å². The maximum Gasteiger partial charge on any atom is 0.256 e. The number of aromatic nitrogens is 1. The molecule has 3 N–H and O–H groups in total. The molecule has 1 aromatic heterocycles. The van der Waals surface area contributed by atoms with E-state index in [2.05, 4.69) is 30.6 Å². The van der Waals surface area contributed by atoms with Crippen molar-refractivity contribution in [3.8, 4) is 11.4 Å². The van der Waals surface area contributed by atoms with Gasteiger partial charge in [-0.25, -0.2) is 8.78 Å². The lowest BCUT2D eigenvalue weighted by Gasteiger charge is -2.25. The maximum atomic E-state index is 14.4. The van der Waals surface area contributed by atoms with Crippen LogP contribution in [0, 0.1) is 11.6 Å². The minimum Gasteiger partial charge on any atom is -0.494 e. The van der Waals surface area contributed by atoms with Gasteiger partial charge in [-0.05, 0) is 92.2 Å². The molecule has 3 aromatic carbocycles. The van der Waals surface area contributed by atoms with Crippen LogP contribution in [0.25, 0.3) is 11.3 Å². The summed E-state index contributed by atoms with van der Waals surface area (Å²) in [5.41, 5.74) is 8.35. The number of nitrogens with two attached hydrogens (primary N) is 1. The molecule has 0 spiro atoms. The third kappa shape index (κ3) is 7.26. The van der Waals surface area contributed by atoms with E-state index >= 15 is 0 Å². The highest BCUT2D eigenvalue weighted by Crippen LogP contribution is 2.30. The summed E-state index contributed by atoms with van der Waals surface area (Å²) in [6.45, 7) is 9.35. The molecule has 1 heterocycles. The molecular formula is C36H37F2N3O3. The maximum absolute atomic E-state index is 14.4. The van der Waals surface area contributed by atoms with E-state index in [1.807, 2.05) is 18.2 Å². The van der Waals surface area contributed by atoms with E-state index in [1.165, 1.54) is 35.6 Å². The van der Waals surface area contributed by atoms with E-state index in [1.54, 1.807) is 24.3 Å². The van der Waals surface area contributed by atoms with Crippen LogP contribution in [0.4, 0.5) is 14.6 Å². The average molecular weight is 598 g/mol. The first-order valence-electron chi connectivity index (χ1n) is 14.8. The molecule has 8 heteroatoms. The van der Waals surface area contributed by atoms with E-state index in [0.29, 0.717) is 30.2 Å². The number of hydrogen-bond donors (Lipinski definition) is 2. The molecule has 0 unspecified atom stereocenters. The normalized spacial score (nSPS) is 13.9. The molecule has 0 saturated heterocycles. The summed E-state index contributed by atoms with van der Waals surface area (Å²) < 4.78 is 41.3. The fourth-order valence-electron chi connectivity index (χ4n) is 5.51. The Bertz CT molecular complexity index is 1660. The van der Waals surface area contributed by atoms with Gasteiger partial charge in [0.25, 0.3) is 5.56 Å². The third-order valence-electron chi connectivity index (χ3n) is 7.82. The Morgan fingerprint density at radius 3 is 2.36 bits per heavy atom. The van der Waals surface area contributed by atoms with Crippen LogP contribution in [0.5, 0.6) is 5.75 Å². The van der Waals surface area contributed by atoms with Crippen molar-refractivity contribution >= 4 is 11.4 Å². The van der Waals surface area contributed by atoms with Gasteiger partial charge in [-0.3, -0.25) is 9.36 Å². The first-order chi connectivity index (χ1) is 21.3. The summed E-state index contributed by atoms with van der Waals surface area (Å²) >= 11 is 0. The zero-order chi connectivity index (χ0) is 31.1. The number of pyridine rings is 1. The number of nitrogens with zero attached hydrogens (tertiary/aromatic N) is 1. The van der Waals surface area contributed by atoms with Gasteiger partial charge in [-0.1, -0.05) is 43.5 Å². The predicted octanol–water partition coefficient (Wildman–Crippen LogP) is 7.33. The van der Waals surface area contributed by atoms with Crippen LogP contribution < -0.4 is 21.3 Å². The van der Waals surface area contributed by atoms with Crippen LogP contribution in [0.1, 0.15) is 54.8 Å². The standard InChI is InChI=1S/C36H37F2N3O3/c1-24(31-18-13-27(37)23-33(31)38)32-19-20-34(42)41(36(32)39)28-14-16-29(17-15-28)43-22-8-21-40-35(26-9-4-3-5-10-26)25(2)44-30-11-6-7-12-30/h3-5,9-10,13-20,23,30,35,40H,1-2,6-8,11-12,21-22,39H2/t35-/m1/s1. The van der Waals surface area contributed by atoms with Crippen molar-refractivity contribution in [1.29, 1.82) is 0 Å².